The summed E-state index contributed by atoms with van der Waals surface area (Å²) in [6, 6.07) is 8.46. The van der Waals surface area contributed by atoms with E-state index in [4.69, 9.17) is 4.42 Å². The number of carbonyl (C=O) groups excluding carboxylic acids is 1. The molecule has 0 saturated heterocycles. The number of guanidine groups is 1. The number of aliphatic imine (C=N–C) groups is 1. The molecule has 2 rings (SSSR count). The van der Waals surface area contributed by atoms with Crippen molar-refractivity contribution in [3.05, 3.63) is 59.3 Å². The number of halogens is 1. The average Bonchev–Trinajstić information content (AvgIpc) is 3.12. The van der Waals surface area contributed by atoms with E-state index in [0.717, 1.165) is 5.56 Å². The quantitative estimate of drug-likeness (QED) is 0.530. The second-order valence-corrected chi connectivity index (χ2v) is 5.49. The van der Waals surface area contributed by atoms with Crippen molar-refractivity contribution in [1.29, 1.82) is 0 Å². The predicted molar refractivity (Wildman–Crippen MR) is 94.5 cm³/mol. The maximum Gasteiger partial charge on any atom is 0.239 e. The van der Waals surface area contributed by atoms with Gasteiger partial charge in [-0.2, -0.15) is 0 Å². The predicted octanol–water partition coefficient (Wildman–Crippen LogP) is 2.10. The fraction of sp³-hybridized carbons (Fsp3) is 0.333. The molecule has 134 valence electrons. The number of furan rings is 1. The van der Waals surface area contributed by atoms with Crippen molar-refractivity contribution in [3.63, 3.8) is 0 Å². The number of nitrogens with one attached hydrogen (secondary N) is 3. The van der Waals surface area contributed by atoms with Gasteiger partial charge in [0.1, 0.15) is 11.6 Å². The minimum Gasteiger partial charge on any atom is -0.467 e. The first kappa shape index (κ1) is 18.5. The Hall–Kier alpha value is -2.83. The van der Waals surface area contributed by atoms with Crippen LogP contribution in [-0.2, 0) is 17.9 Å². The van der Waals surface area contributed by atoms with Crippen LogP contribution in [0.2, 0.25) is 0 Å². The Morgan fingerprint density at radius 1 is 1.24 bits per heavy atom. The summed E-state index contributed by atoms with van der Waals surface area (Å²) in [5.74, 6) is 0.823. The topological polar surface area (TPSA) is 78.7 Å². The highest BCUT2D eigenvalue weighted by Crippen LogP contribution is 2.09. The lowest BCUT2D eigenvalue weighted by Gasteiger charge is -2.11. The molecule has 1 aromatic carbocycles. The lowest BCUT2D eigenvalue weighted by atomic mass is 10.1. The van der Waals surface area contributed by atoms with Crippen molar-refractivity contribution in [1.82, 2.24) is 16.0 Å². The number of carbonyl (C=O) groups is 1. The molecule has 0 unspecified atom stereocenters. The maximum atomic E-state index is 13.3. The third-order valence-electron chi connectivity index (χ3n) is 3.44. The van der Waals surface area contributed by atoms with Crippen LogP contribution < -0.4 is 16.0 Å². The van der Waals surface area contributed by atoms with E-state index >= 15 is 0 Å². The molecule has 0 aliphatic rings. The van der Waals surface area contributed by atoms with Gasteiger partial charge in [-0.15, -0.1) is 0 Å². The molecule has 3 N–H and O–H groups in total. The minimum atomic E-state index is -0.231. The molecule has 0 atom stereocenters. The molecule has 0 fully saturated rings. The van der Waals surface area contributed by atoms with Crippen molar-refractivity contribution in [2.45, 2.75) is 26.9 Å². The standard InChI is InChI=1S/C18H23FN4O2/c1-3-20-18(22-10-14-6-7-16(19)13(2)9-14)23-12-17(24)21-11-15-5-4-8-25-15/h4-9H,3,10-12H2,1-2H3,(H,21,24)(H2,20,22,23). The Labute approximate surface area is 146 Å². The van der Waals surface area contributed by atoms with E-state index < -0.39 is 0 Å². The van der Waals surface area contributed by atoms with E-state index in [1.165, 1.54) is 6.07 Å². The molecule has 0 saturated carbocycles. The van der Waals surface area contributed by atoms with Crippen molar-refractivity contribution < 1.29 is 13.6 Å². The first-order valence-electron chi connectivity index (χ1n) is 8.14. The Kier molecular flexibility index (Phi) is 7.00. The molecule has 1 amide bonds. The third kappa shape index (κ3) is 6.29. The summed E-state index contributed by atoms with van der Waals surface area (Å²) < 4.78 is 18.4. The SMILES string of the molecule is CCNC(=NCc1ccc(F)c(C)c1)NCC(=O)NCc1ccco1. The molecule has 1 aromatic heterocycles. The lowest BCUT2D eigenvalue weighted by Crippen LogP contribution is -2.43. The van der Waals surface area contributed by atoms with Gasteiger partial charge in [-0.25, -0.2) is 9.38 Å². The van der Waals surface area contributed by atoms with E-state index in [2.05, 4.69) is 20.9 Å². The molecule has 0 aliphatic carbocycles. The summed E-state index contributed by atoms with van der Waals surface area (Å²) >= 11 is 0. The van der Waals surface area contributed by atoms with Crippen LogP contribution in [0, 0.1) is 12.7 Å². The normalized spacial score (nSPS) is 11.2. The monoisotopic (exact) mass is 346 g/mol. The fourth-order valence-electron chi connectivity index (χ4n) is 2.14. The Bertz CT molecular complexity index is 714. The van der Waals surface area contributed by atoms with Gasteiger partial charge in [0.25, 0.3) is 0 Å². The first-order chi connectivity index (χ1) is 12.1. The highest BCUT2D eigenvalue weighted by molar-refractivity contribution is 5.86. The zero-order valence-electron chi connectivity index (χ0n) is 14.4. The van der Waals surface area contributed by atoms with E-state index in [-0.39, 0.29) is 18.3 Å². The van der Waals surface area contributed by atoms with Crippen molar-refractivity contribution in [3.8, 4) is 0 Å². The molecule has 0 spiro atoms. The molecule has 2 aromatic rings. The number of hydrogen-bond donors (Lipinski definition) is 3. The maximum absolute atomic E-state index is 13.3. The number of nitrogens with zero attached hydrogens (tertiary/aromatic N) is 1. The number of amides is 1. The first-order valence-corrected chi connectivity index (χ1v) is 8.14. The summed E-state index contributed by atoms with van der Waals surface area (Å²) in [5, 5.41) is 8.79. The van der Waals surface area contributed by atoms with Crippen molar-refractivity contribution in [2.24, 2.45) is 4.99 Å². The van der Waals surface area contributed by atoms with Crippen molar-refractivity contribution in [2.75, 3.05) is 13.1 Å². The second kappa shape index (κ2) is 9.46. The molecule has 25 heavy (non-hydrogen) atoms. The number of aryl methyl sites for hydroxylation is 1. The molecule has 6 nitrogen and oxygen atoms in total. The van der Waals surface area contributed by atoms with Crippen LogP contribution >= 0.6 is 0 Å². The van der Waals surface area contributed by atoms with Gasteiger partial charge in [-0.3, -0.25) is 4.79 Å². The molecule has 0 radical (unpaired) electrons. The zero-order chi connectivity index (χ0) is 18.1. The molecular weight excluding hydrogens is 323 g/mol. The number of rotatable bonds is 7. The van der Waals surface area contributed by atoms with Crippen LogP contribution in [0.25, 0.3) is 0 Å². The highest BCUT2D eigenvalue weighted by atomic mass is 19.1. The summed E-state index contributed by atoms with van der Waals surface area (Å²) in [5.41, 5.74) is 1.49. The Morgan fingerprint density at radius 3 is 2.76 bits per heavy atom. The van der Waals surface area contributed by atoms with Gasteiger partial charge >= 0.3 is 0 Å². The second-order valence-electron chi connectivity index (χ2n) is 5.49. The van der Waals surface area contributed by atoms with E-state index in [1.807, 2.05) is 6.92 Å². The van der Waals surface area contributed by atoms with Gasteiger partial charge in [0.2, 0.25) is 5.91 Å². The summed E-state index contributed by atoms with van der Waals surface area (Å²) in [6.07, 6.45) is 1.56. The largest absolute Gasteiger partial charge is 0.467 e. The lowest BCUT2D eigenvalue weighted by molar-refractivity contribution is -0.120. The average molecular weight is 346 g/mol. The van der Waals surface area contributed by atoms with Gasteiger partial charge in [0.05, 0.1) is 25.9 Å². The van der Waals surface area contributed by atoms with Crippen LogP contribution in [0.1, 0.15) is 23.8 Å². The Morgan fingerprint density at radius 2 is 2.08 bits per heavy atom. The van der Waals surface area contributed by atoms with Gasteiger partial charge in [0, 0.05) is 6.54 Å². The smallest absolute Gasteiger partial charge is 0.239 e. The third-order valence-corrected chi connectivity index (χ3v) is 3.44. The summed E-state index contributed by atoms with van der Waals surface area (Å²) in [6.45, 7) is 5.16. The molecule has 0 bridgehead atoms. The fourth-order valence-corrected chi connectivity index (χ4v) is 2.14. The number of benzene rings is 1. The van der Waals surface area contributed by atoms with Crippen LogP contribution in [0.5, 0.6) is 0 Å². The number of hydrogen-bond acceptors (Lipinski definition) is 3. The van der Waals surface area contributed by atoms with E-state index in [1.54, 1.807) is 37.5 Å². The van der Waals surface area contributed by atoms with Crippen LogP contribution in [0.4, 0.5) is 4.39 Å². The zero-order valence-corrected chi connectivity index (χ0v) is 14.4. The van der Waals surface area contributed by atoms with Crippen LogP contribution in [0.15, 0.2) is 46.0 Å². The van der Waals surface area contributed by atoms with Crippen molar-refractivity contribution >= 4 is 11.9 Å². The molecule has 1 heterocycles. The Balaban J connectivity index is 1.84. The van der Waals surface area contributed by atoms with Gasteiger partial charge in [-0.1, -0.05) is 12.1 Å². The minimum absolute atomic E-state index is 0.0922. The van der Waals surface area contributed by atoms with E-state index in [9.17, 15) is 9.18 Å². The van der Waals surface area contributed by atoms with E-state index in [0.29, 0.717) is 36.9 Å². The van der Waals surface area contributed by atoms with Crippen LogP contribution in [-0.4, -0.2) is 25.0 Å². The summed E-state index contributed by atoms with van der Waals surface area (Å²) in [7, 11) is 0. The molecule has 7 heteroatoms. The van der Waals surface area contributed by atoms with Gasteiger partial charge in [-0.05, 0) is 43.2 Å². The summed E-state index contributed by atoms with van der Waals surface area (Å²) in [4.78, 5) is 16.3. The highest BCUT2D eigenvalue weighted by Gasteiger charge is 2.05. The molecule has 0 aliphatic heterocycles. The molecular formula is C18H23FN4O2. The van der Waals surface area contributed by atoms with Gasteiger partial charge in [0.15, 0.2) is 5.96 Å². The van der Waals surface area contributed by atoms with Gasteiger partial charge < -0.3 is 20.4 Å². The van der Waals surface area contributed by atoms with Crippen LogP contribution in [0.3, 0.4) is 0 Å².